The van der Waals surface area contributed by atoms with Crippen molar-refractivity contribution < 1.29 is 4.39 Å². The van der Waals surface area contributed by atoms with Crippen LogP contribution < -0.4 is 10.6 Å². The second kappa shape index (κ2) is 6.13. The maximum Gasteiger partial charge on any atom is 0.139 e. The molecule has 19 heavy (non-hydrogen) atoms. The Morgan fingerprint density at radius 3 is 2.63 bits per heavy atom. The van der Waals surface area contributed by atoms with Crippen LogP contribution in [0.25, 0.3) is 0 Å². The van der Waals surface area contributed by atoms with Gasteiger partial charge in [-0.2, -0.15) is 0 Å². The first kappa shape index (κ1) is 13.3. The van der Waals surface area contributed by atoms with E-state index in [-0.39, 0.29) is 5.82 Å². The van der Waals surface area contributed by atoms with Crippen LogP contribution in [0, 0.1) is 5.82 Å². The largest absolute Gasteiger partial charge is 0.370 e. The van der Waals surface area contributed by atoms with Crippen LogP contribution in [0.3, 0.4) is 0 Å². The molecule has 0 unspecified atom stereocenters. The smallest absolute Gasteiger partial charge is 0.139 e. The summed E-state index contributed by atoms with van der Waals surface area (Å²) < 4.78 is 13.2. The van der Waals surface area contributed by atoms with Gasteiger partial charge in [-0.15, -0.1) is 0 Å². The Kier molecular flexibility index (Phi) is 4.28. The lowest BCUT2D eigenvalue weighted by Gasteiger charge is -2.13. The number of aromatic nitrogens is 2. The molecule has 0 spiro atoms. The average Bonchev–Trinajstić information content (AvgIpc) is 2.39. The van der Waals surface area contributed by atoms with Crippen molar-refractivity contribution in [1.82, 2.24) is 9.97 Å². The molecule has 2 aromatic rings. The predicted octanol–water partition coefficient (Wildman–Crippen LogP) is 3.35. The SMILES string of the molecule is CCNc1ncnc(Nc2cccc(F)c2)c1CC. The fourth-order valence-corrected chi connectivity index (χ4v) is 1.88. The number of halogens is 1. The number of anilines is 3. The van der Waals surface area contributed by atoms with E-state index < -0.39 is 0 Å². The summed E-state index contributed by atoms with van der Waals surface area (Å²) in [6, 6.07) is 6.32. The molecule has 1 heterocycles. The maximum absolute atomic E-state index is 13.2. The van der Waals surface area contributed by atoms with Crippen LogP contribution in [0.4, 0.5) is 21.7 Å². The van der Waals surface area contributed by atoms with Crippen molar-refractivity contribution in [3.8, 4) is 0 Å². The Bertz CT molecular complexity index is 557. The van der Waals surface area contributed by atoms with Crippen molar-refractivity contribution >= 4 is 17.3 Å². The zero-order valence-electron chi connectivity index (χ0n) is 11.1. The van der Waals surface area contributed by atoms with E-state index in [1.807, 2.05) is 13.8 Å². The van der Waals surface area contributed by atoms with E-state index in [4.69, 9.17) is 0 Å². The third-order valence-corrected chi connectivity index (χ3v) is 2.73. The number of benzene rings is 1. The van der Waals surface area contributed by atoms with Crippen molar-refractivity contribution in [3.63, 3.8) is 0 Å². The summed E-state index contributed by atoms with van der Waals surface area (Å²) in [5.41, 5.74) is 1.67. The summed E-state index contributed by atoms with van der Waals surface area (Å²) >= 11 is 0. The van der Waals surface area contributed by atoms with E-state index in [2.05, 4.69) is 20.6 Å². The molecule has 2 N–H and O–H groups in total. The lowest BCUT2D eigenvalue weighted by Crippen LogP contribution is -2.07. The monoisotopic (exact) mass is 260 g/mol. The normalized spacial score (nSPS) is 10.3. The summed E-state index contributed by atoms with van der Waals surface area (Å²) in [7, 11) is 0. The summed E-state index contributed by atoms with van der Waals surface area (Å²) in [5.74, 6) is 1.25. The van der Waals surface area contributed by atoms with Gasteiger partial charge in [-0.05, 0) is 31.5 Å². The van der Waals surface area contributed by atoms with Gasteiger partial charge < -0.3 is 10.6 Å². The molecule has 0 radical (unpaired) electrons. The van der Waals surface area contributed by atoms with Crippen molar-refractivity contribution in [3.05, 3.63) is 42.0 Å². The third kappa shape index (κ3) is 3.19. The van der Waals surface area contributed by atoms with Gasteiger partial charge in [-0.1, -0.05) is 13.0 Å². The van der Waals surface area contributed by atoms with Gasteiger partial charge in [0.15, 0.2) is 0 Å². The molecular formula is C14H17FN4. The van der Waals surface area contributed by atoms with Crippen LogP contribution in [0.2, 0.25) is 0 Å². The number of nitrogens with one attached hydrogen (secondary N) is 2. The molecule has 1 aromatic heterocycles. The molecular weight excluding hydrogens is 243 g/mol. The summed E-state index contributed by atoms with van der Waals surface area (Å²) in [5, 5.41) is 6.33. The molecule has 100 valence electrons. The number of rotatable bonds is 5. The first-order valence-electron chi connectivity index (χ1n) is 6.35. The van der Waals surface area contributed by atoms with Gasteiger partial charge in [0, 0.05) is 17.8 Å². The highest BCUT2D eigenvalue weighted by atomic mass is 19.1. The number of hydrogen-bond donors (Lipinski definition) is 2. The molecule has 1 aromatic carbocycles. The topological polar surface area (TPSA) is 49.8 Å². The fraction of sp³-hybridized carbons (Fsp3) is 0.286. The molecule has 0 aliphatic rings. The van der Waals surface area contributed by atoms with Crippen molar-refractivity contribution in [2.45, 2.75) is 20.3 Å². The Balaban J connectivity index is 2.31. The first-order valence-corrected chi connectivity index (χ1v) is 6.35. The zero-order chi connectivity index (χ0) is 13.7. The molecule has 0 atom stereocenters. The molecule has 0 fully saturated rings. The van der Waals surface area contributed by atoms with Crippen LogP contribution >= 0.6 is 0 Å². The van der Waals surface area contributed by atoms with Gasteiger partial charge in [0.2, 0.25) is 0 Å². The molecule has 4 nitrogen and oxygen atoms in total. The van der Waals surface area contributed by atoms with Crippen LogP contribution in [-0.4, -0.2) is 16.5 Å². The molecule has 0 saturated heterocycles. The van der Waals surface area contributed by atoms with Crippen molar-refractivity contribution in [2.24, 2.45) is 0 Å². The lowest BCUT2D eigenvalue weighted by atomic mass is 10.2. The Morgan fingerprint density at radius 1 is 1.16 bits per heavy atom. The fourth-order valence-electron chi connectivity index (χ4n) is 1.88. The van der Waals surface area contributed by atoms with E-state index in [1.165, 1.54) is 18.5 Å². The highest BCUT2D eigenvalue weighted by Gasteiger charge is 2.09. The van der Waals surface area contributed by atoms with Crippen molar-refractivity contribution in [1.29, 1.82) is 0 Å². The molecule has 0 bridgehead atoms. The Labute approximate surface area is 112 Å². The highest BCUT2D eigenvalue weighted by Crippen LogP contribution is 2.24. The molecule has 2 rings (SSSR count). The molecule has 0 amide bonds. The lowest BCUT2D eigenvalue weighted by molar-refractivity contribution is 0.628. The number of nitrogens with zero attached hydrogens (tertiary/aromatic N) is 2. The van der Waals surface area contributed by atoms with Gasteiger partial charge in [0.05, 0.1) is 0 Å². The van der Waals surface area contributed by atoms with Gasteiger partial charge in [-0.3, -0.25) is 0 Å². The highest BCUT2D eigenvalue weighted by molar-refractivity contribution is 5.64. The van der Waals surface area contributed by atoms with E-state index in [0.29, 0.717) is 11.5 Å². The molecule has 0 saturated carbocycles. The molecule has 5 heteroatoms. The van der Waals surface area contributed by atoms with Crippen molar-refractivity contribution in [2.75, 3.05) is 17.2 Å². The third-order valence-electron chi connectivity index (χ3n) is 2.73. The quantitative estimate of drug-likeness (QED) is 0.865. The standard InChI is InChI=1S/C14H17FN4/c1-3-12-13(16-4-2)17-9-18-14(12)19-11-7-5-6-10(15)8-11/h5-9H,3-4H2,1-2H3,(H2,16,17,18,19). The van der Waals surface area contributed by atoms with Crippen LogP contribution in [0.1, 0.15) is 19.4 Å². The second-order valence-electron chi connectivity index (χ2n) is 4.07. The van der Waals surface area contributed by atoms with Gasteiger partial charge >= 0.3 is 0 Å². The van der Waals surface area contributed by atoms with Gasteiger partial charge in [-0.25, -0.2) is 14.4 Å². The van der Waals surface area contributed by atoms with E-state index >= 15 is 0 Å². The summed E-state index contributed by atoms with van der Waals surface area (Å²) in [4.78, 5) is 8.46. The van der Waals surface area contributed by atoms with E-state index in [9.17, 15) is 4.39 Å². The molecule has 0 aliphatic carbocycles. The minimum absolute atomic E-state index is 0.274. The van der Waals surface area contributed by atoms with Gasteiger partial charge in [0.25, 0.3) is 0 Å². The Morgan fingerprint density at radius 2 is 1.95 bits per heavy atom. The Hall–Kier alpha value is -2.17. The van der Waals surface area contributed by atoms with Crippen LogP contribution in [0.15, 0.2) is 30.6 Å². The van der Waals surface area contributed by atoms with Gasteiger partial charge in [0.1, 0.15) is 23.8 Å². The first-order chi connectivity index (χ1) is 9.24. The summed E-state index contributed by atoms with van der Waals surface area (Å²) in [6.07, 6.45) is 2.29. The predicted molar refractivity (Wildman–Crippen MR) is 75.3 cm³/mol. The van der Waals surface area contributed by atoms with Crippen LogP contribution in [-0.2, 0) is 6.42 Å². The van der Waals surface area contributed by atoms with Crippen LogP contribution in [0.5, 0.6) is 0 Å². The number of hydrogen-bond acceptors (Lipinski definition) is 4. The molecule has 0 aliphatic heterocycles. The summed E-state index contributed by atoms with van der Waals surface area (Å²) in [6.45, 7) is 4.85. The average molecular weight is 260 g/mol. The minimum atomic E-state index is -0.274. The second-order valence-corrected chi connectivity index (χ2v) is 4.07. The zero-order valence-corrected chi connectivity index (χ0v) is 11.1. The van der Waals surface area contributed by atoms with E-state index in [1.54, 1.807) is 12.1 Å². The van der Waals surface area contributed by atoms with E-state index in [0.717, 1.165) is 24.3 Å². The minimum Gasteiger partial charge on any atom is -0.370 e. The maximum atomic E-state index is 13.2.